The zero-order chi connectivity index (χ0) is 13.1. The van der Waals surface area contributed by atoms with E-state index in [1.54, 1.807) is 0 Å². The summed E-state index contributed by atoms with van der Waals surface area (Å²) in [5.74, 6) is 1.75. The summed E-state index contributed by atoms with van der Waals surface area (Å²) < 4.78 is 10.8. The van der Waals surface area contributed by atoms with Crippen LogP contribution in [-0.2, 0) is 6.54 Å². The number of nitrogens with one attached hydrogen (secondary N) is 1. The first-order valence-corrected chi connectivity index (χ1v) is 7.15. The monoisotopic (exact) mass is 262 g/mol. The van der Waals surface area contributed by atoms with Crippen LogP contribution in [0.15, 0.2) is 18.2 Å². The summed E-state index contributed by atoms with van der Waals surface area (Å²) >= 11 is 0. The summed E-state index contributed by atoms with van der Waals surface area (Å²) in [6, 6.07) is 6.83. The average Bonchev–Trinajstić information content (AvgIpc) is 2.83. The molecule has 104 valence electrons. The maximum absolute atomic E-state index is 5.44. The molecule has 0 spiro atoms. The van der Waals surface area contributed by atoms with Crippen molar-refractivity contribution in [1.82, 2.24) is 10.2 Å². The molecule has 1 aromatic rings. The number of fused-ring (bicyclic) bond motifs is 1. The molecule has 1 unspecified atom stereocenters. The molecule has 0 saturated carbocycles. The molecule has 0 aromatic heterocycles. The largest absolute Gasteiger partial charge is 0.454 e. The van der Waals surface area contributed by atoms with Gasteiger partial charge in [-0.15, -0.1) is 0 Å². The molecular weight excluding hydrogens is 240 g/mol. The van der Waals surface area contributed by atoms with Gasteiger partial charge in [0.2, 0.25) is 6.79 Å². The minimum Gasteiger partial charge on any atom is -0.454 e. The summed E-state index contributed by atoms with van der Waals surface area (Å²) in [4.78, 5) is 2.52. The van der Waals surface area contributed by atoms with E-state index in [9.17, 15) is 0 Å². The van der Waals surface area contributed by atoms with Crippen molar-refractivity contribution in [2.75, 3.05) is 26.4 Å². The van der Waals surface area contributed by atoms with Crippen LogP contribution in [0.25, 0.3) is 0 Å². The molecule has 1 fully saturated rings. The molecule has 1 N–H and O–H groups in total. The van der Waals surface area contributed by atoms with E-state index in [0.29, 0.717) is 12.8 Å². The molecular formula is C15H22N2O2. The van der Waals surface area contributed by atoms with Crippen LogP contribution in [0.1, 0.15) is 25.3 Å². The van der Waals surface area contributed by atoms with E-state index in [2.05, 4.69) is 29.3 Å². The fourth-order valence-corrected chi connectivity index (χ4v) is 2.79. The van der Waals surface area contributed by atoms with Crippen molar-refractivity contribution in [2.45, 2.75) is 32.4 Å². The van der Waals surface area contributed by atoms with E-state index in [1.807, 2.05) is 6.07 Å². The lowest BCUT2D eigenvalue weighted by Gasteiger charge is -2.29. The van der Waals surface area contributed by atoms with E-state index >= 15 is 0 Å². The first kappa shape index (κ1) is 12.8. The van der Waals surface area contributed by atoms with Gasteiger partial charge in [-0.25, -0.2) is 0 Å². The SMILES string of the molecule is CC1CN(Cc2ccc3c(c2)OCO3)CCCCN1. The Bertz CT molecular complexity index is 436. The molecule has 2 heterocycles. The molecule has 19 heavy (non-hydrogen) atoms. The van der Waals surface area contributed by atoms with Gasteiger partial charge in [0.15, 0.2) is 11.5 Å². The van der Waals surface area contributed by atoms with Crippen molar-refractivity contribution in [3.05, 3.63) is 23.8 Å². The molecule has 0 amide bonds. The maximum Gasteiger partial charge on any atom is 0.231 e. The second-order valence-corrected chi connectivity index (χ2v) is 5.49. The lowest BCUT2D eigenvalue weighted by atomic mass is 10.1. The van der Waals surface area contributed by atoms with E-state index in [1.165, 1.54) is 24.9 Å². The number of ether oxygens (including phenoxy) is 2. The Balaban J connectivity index is 1.65. The minimum atomic E-state index is 0.351. The molecule has 1 saturated heterocycles. The molecule has 2 aliphatic heterocycles. The number of benzene rings is 1. The van der Waals surface area contributed by atoms with Crippen molar-refractivity contribution in [3.63, 3.8) is 0 Å². The van der Waals surface area contributed by atoms with Gasteiger partial charge in [0.25, 0.3) is 0 Å². The standard InChI is InChI=1S/C15H22N2O2/c1-12-9-17(7-3-2-6-16-12)10-13-4-5-14-15(8-13)19-11-18-14/h4-5,8,12,16H,2-3,6-7,9-11H2,1H3. The molecule has 0 radical (unpaired) electrons. The van der Waals surface area contributed by atoms with Crippen molar-refractivity contribution in [3.8, 4) is 11.5 Å². The van der Waals surface area contributed by atoms with Crippen LogP contribution < -0.4 is 14.8 Å². The third kappa shape index (κ3) is 3.19. The van der Waals surface area contributed by atoms with Crippen molar-refractivity contribution in [1.29, 1.82) is 0 Å². The molecule has 1 atom stereocenters. The van der Waals surface area contributed by atoms with Crippen LogP contribution in [0, 0.1) is 0 Å². The van der Waals surface area contributed by atoms with Crippen molar-refractivity contribution < 1.29 is 9.47 Å². The zero-order valence-electron chi connectivity index (χ0n) is 11.5. The van der Waals surface area contributed by atoms with Crippen molar-refractivity contribution >= 4 is 0 Å². The number of hydrogen-bond donors (Lipinski definition) is 1. The fourth-order valence-electron chi connectivity index (χ4n) is 2.79. The molecule has 0 bridgehead atoms. The van der Waals surface area contributed by atoms with Gasteiger partial charge in [-0.05, 0) is 50.6 Å². The summed E-state index contributed by atoms with van der Waals surface area (Å²) in [6.45, 7) is 7.04. The summed E-state index contributed by atoms with van der Waals surface area (Å²) in [7, 11) is 0. The van der Waals surface area contributed by atoms with E-state index in [-0.39, 0.29) is 0 Å². The van der Waals surface area contributed by atoms with Crippen LogP contribution in [0.3, 0.4) is 0 Å². The van der Waals surface area contributed by atoms with Gasteiger partial charge in [-0.3, -0.25) is 4.90 Å². The van der Waals surface area contributed by atoms with Crippen LogP contribution in [-0.4, -0.2) is 37.4 Å². The molecule has 2 aliphatic rings. The predicted molar refractivity (Wildman–Crippen MR) is 74.5 cm³/mol. The third-order valence-corrected chi connectivity index (χ3v) is 3.77. The van der Waals surface area contributed by atoms with Crippen LogP contribution in [0.5, 0.6) is 11.5 Å². The summed E-state index contributed by atoms with van der Waals surface area (Å²) in [5, 5.41) is 3.56. The Morgan fingerprint density at radius 2 is 2.16 bits per heavy atom. The van der Waals surface area contributed by atoms with Crippen LogP contribution in [0.2, 0.25) is 0 Å². The molecule has 4 nitrogen and oxygen atoms in total. The maximum atomic E-state index is 5.44. The highest BCUT2D eigenvalue weighted by Crippen LogP contribution is 2.32. The number of nitrogens with zero attached hydrogens (tertiary/aromatic N) is 1. The third-order valence-electron chi connectivity index (χ3n) is 3.77. The Morgan fingerprint density at radius 3 is 3.11 bits per heavy atom. The Labute approximate surface area is 114 Å². The van der Waals surface area contributed by atoms with Gasteiger partial charge in [-0.1, -0.05) is 6.07 Å². The van der Waals surface area contributed by atoms with E-state index in [4.69, 9.17) is 9.47 Å². The normalized spacial score (nSPS) is 23.9. The van der Waals surface area contributed by atoms with E-state index < -0.39 is 0 Å². The predicted octanol–water partition coefficient (Wildman–Crippen LogP) is 1.99. The van der Waals surface area contributed by atoms with Crippen LogP contribution >= 0.6 is 0 Å². The number of hydrogen-bond acceptors (Lipinski definition) is 4. The number of rotatable bonds is 2. The molecule has 1 aromatic carbocycles. The lowest BCUT2D eigenvalue weighted by molar-refractivity contribution is 0.174. The first-order valence-electron chi connectivity index (χ1n) is 7.15. The zero-order valence-corrected chi connectivity index (χ0v) is 11.5. The Morgan fingerprint density at radius 1 is 1.26 bits per heavy atom. The summed E-state index contributed by atoms with van der Waals surface area (Å²) in [5.41, 5.74) is 1.30. The molecule has 4 heteroatoms. The van der Waals surface area contributed by atoms with Gasteiger partial charge in [0.05, 0.1) is 0 Å². The van der Waals surface area contributed by atoms with E-state index in [0.717, 1.165) is 31.1 Å². The lowest BCUT2D eigenvalue weighted by Crippen LogP contribution is -2.42. The minimum absolute atomic E-state index is 0.351. The highest BCUT2D eigenvalue weighted by atomic mass is 16.7. The second kappa shape index (κ2) is 5.80. The Hall–Kier alpha value is -1.26. The smallest absolute Gasteiger partial charge is 0.231 e. The molecule has 3 rings (SSSR count). The van der Waals surface area contributed by atoms with Gasteiger partial charge in [0, 0.05) is 19.1 Å². The fraction of sp³-hybridized carbons (Fsp3) is 0.600. The summed E-state index contributed by atoms with van der Waals surface area (Å²) in [6.07, 6.45) is 2.53. The quantitative estimate of drug-likeness (QED) is 0.884. The first-order chi connectivity index (χ1) is 9.31. The van der Waals surface area contributed by atoms with Crippen LogP contribution in [0.4, 0.5) is 0 Å². The topological polar surface area (TPSA) is 33.7 Å². The highest BCUT2D eigenvalue weighted by molar-refractivity contribution is 5.44. The molecule has 0 aliphatic carbocycles. The van der Waals surface area contributed by atoms with Gasteiger partial charge in [0.1, 0.15) is 0 Å². The highest BCUT2D eigenvalue weighted by Gasteiger charge is 2.16. The Kier molecular flexibility index (Phi) is 3.89. The second-order valence-electron chi connectivity index (χ2n) is 5.49. The van der Waals surface area contributed by atoms with Gasteiger partial charge in [-0.2, -0.15) is 0 Å². The van der Waals surface area contributed by atoms with Gasteiger partial charge >= 0.3 is 0 Å². The average molecular weight is 262 g/mol. The van der Waals surface area contributed by atoms with Gasteiger partial charge < -0.3 is 14.8 Å². The van der Waals surface area contributed by atoms with Crippen molar-refractivity contribution in [2.24, 2.45) is 0 Å².